The van der Waals surface area contributed by atoms with Crippen molar-refractivity contribution in [1.82, 2.24) is 5.32 Å². The topological polar surface area (TPSA) is 47.6 Å². The van der Waals surface area contributed by atoms with E-state index in [2.05, 4.69) is 5.32 Å². The summed E-state index contributed by atoms with van der Waals surface area (Å²) < 4.78 is 11.2. The Bertz CT molecular complexity index is 464. The first-order valence-electron chi connectivity index (χ1n) is 6.53. The Labute approximate surface area is 106 Å². The average Bonchev–Trinajstić information content (AvgIpc) is 3.00. The quantitative estimate of drug-likeness (QED) is 0.884. The van der Waals surface area contributed by atoms with Gasteiger partial charge in [0.1, 0.15) is 11.5 Å². The van der Waals surface area contributed by atoms with Gasteiger partial charge in [-0.1, -0.05) is 6.92 Å². The molecule has 0 spiro atoms. The minimum atomic E-state index is -0.0302. The molecule has 0 saturated carbocycles. The maximum absolute atomic E-state index is 12.3. The fraction of sp³-hybridized carbons (Fsp3) is 0.500. The largest absolute Gasteiger partial charge is 0.493 e. The second-order valence-corrected chi connectivity index (χ2v) is 4.67. The number of carbonyl (C=O) groups is 1. The van der Waals surface area contributed by atoms with Gasteiger partial charge in [-0.05, 0) is 12.5 Å². The highest BCUT2D eigenvalue weighted by Crippen LogP contribution is 2.40. The first kappa shape index (κ1) is 11.4. The van der Waals surface area contributed by atoms with Crippen LogP contribution in [0.2, 0.25) is 0 Å². The van der Waals surface area contributed by atoms with E-state index in [9.17, 15) is 4.79 Å². The standard InChI is InChI=1S/C14H17NO3/c1-2-5-15-14(16)12-10-4-7-17-11(10)8-9-3-6-18-13(9)12/h8H,2-7H2,1H3,(H,15,16). The fourth-order valence-electron chi connectivity index (χ4n) is 2.55. The second kappa shape index (κ2) is 4.52. The summed E-state index contributed by atoms with van der Waals surface area (Å²) in [5, 5.41) is 2.93. The molecule has 1 N–H and O–H groups in total. The van der Waals surface area contributed by atoms with Crippen LogP contribution < -0.4 is 14.8 Å². The van der Waals surface area contributed by atoms with Crippen molar-refractivity contribution in [2.75, 3.05) is 19.8 Å². The number of hydrogen-bond acceptors (Lipinski definition) is 3. The molecule has 18 heavy (non-hydrogen) atoms. The molecule has 0 fully saturated rings. The molecule has 1 aromatic carbocycles. The predicted octanol–water partition coefficient (Wildman–Crippen LogP) is 1.70. The van der Waals surface area contributed by atoms with Crippen LogP contribution in [-0.4, -0.2) is 25.7 Å². The lowest BCUT2D eigenvalue weighted by atomic mass is 9.99. The number of hydrogen-bond donors (Lipinski definition) is 1. The van der Waals surface area contributed by atoms with Crippen LogP contribution in [0.25, 0.3) is 0 Å². The summed E-state index contributed by atoms with van der Waals surface area (Å²) in [7, 11) is 0. The predicted molar refractivity (Wildman–Crippen MR) is 67.5 cm³/mol. The van der Waals surface area contributed by atoms with Gasteiger partial charge in [-0.25, -0.2) is 0 Å². The number of benzene rings is 1. The van der Waals surface area contributed by atoms with Gasteiger partial charge in [-0.2, -0.15) is 0 Å². The van der Waals surface area contributed by atoms with Crippen molar-refractivity contribution in [1.29, 1.82) is 0 Å². The van der Waals surface area contributed by atoms with Crippen LogP contribution in [0.1, 0.15) is 34.8 Å². The normalized spacial score (nSPS) is 15.6. The number of nitrogens with one attached hydrogen (secondary N) is 1. The van der Waals surface area contributed by atoms with E-state index in [4.69, 9.17) is 9.47 Å². The Kier molecular flexibility index (Phi) is 2.86. The summed E-state index contributed by atoms with van der Waals surface area (Å²) in [5.41, 5.74) is 2.80. The van der Waals surface area contributed by atoms with Gasteiger partial charge in [0.25, 0.3) is 5.91 Å². The van der Waals surface area contributed by atoms with Crippen LogP contribution in [0.3, 0.4) is 0 Å². The van der Waals surface area contributed by atoms with Crippen molar-refractivity contribution >= 4 is 5.91 Å². The van der Waals surface area contributed by atoms with E-state index in [1.165, 1.54) is 0 Å². The SMILES string of the molecule is CCCNC(=O)c1c2c(cc3c1OCC3)OCC2. The molecule has 2 aliphatic rings. The van der Waals surface area contributed by atoms with E-state index in [0.29, 0.717) is 25.3 Å². The lowest BCUT2D eigenvalue weighted by Crippen LogP contribution is -2.25. The summed E-state index contributed by atoms with van der Waals surface area (Å²) in [6.45, 7) is 4.05. The average molecular weight is 247 g/mol. The molecule has 1 aromatic rings. The maximum atomic E-state index is 12.3. The molecule has 4 nitrogen and oxygen atoms in total. The molecule has 2 aliphatic heterocycles. The number of rotatable bonds is 3. The van der Waals surface area contributed by atoms with Crippen molar-refractivity contribution in [3.63, 3.8) is 0 Å². The van der Waals surface area contributed by atoms with Crippen molar-refractivity contribution in [2.24, 2.45) is 0 Å². The third-order valence-corrected chi connectivity index (χ3v) is 3.41. The summed E-state index contributed by atoms with van der Waals surface area (Å²) in [5.74, 6) is 1.60. The van der Waals surface area contributed by atoms with Gasteiger partial charge in [0.05, 0.1) is 18.8 Å². The zero-order valence-electron chi connectivity index (χ0n) is 10.5. The van der Waals surface area contributed by atoms with Crippen LogP contribution in [-0.2, 0) is 12.8 Å². The first-order valence-corrected chi connectivity index (χ1v) is 6.53. The number of carbonyl (C=O) groups excluding carboxylic acids is 1. The van der Waals surface area contributed by atoms with E-state index in [1.54, 1.807) is 0 Å². The number of ether oxygens (including phenoxy) is 2. The molecule has 3 rings (SSSR count). The fourth-order valence-corrected chi connectivity index (χ4v) is 2.55. The zero-order chi connectivity index (χ0) is 12.5. The molecule has 0 aliphatic carbocycles. The third-order valence-electron chi connectivity index (χ3n) is 3.41. The first-order chi connectivity index (χ1) is 8.81. The van der Waals surface area contributed by atoms with Gasteiger partial charge in [-0.15, -0.1) is 0 Å². The van der Waals surface area contributed by atoms with Crippen molar-refractivity contribution in [3.8, 4) is 11.5 Å². The number of amides is 1. The van der Waals surface area contributed by atoms with E-state index in [1.807, 2.05) is 13.0 Å². The van der Waals surface area contributed by atoms with E-state index >= 15 is 0 Å². The molecular formula is C14H17NO3. The van der Waals surface area contributed by atoms with Gasteiger partial charge < -0.3 is 14.8 Å². The second-order valence-electron chi connectivity index (χ2n) is 4.67. The van der Waals surface area contributed by atoms with Crippen LogP contribution in [0, 0.1) is 0 Å². The van der Waals surface area contributed by atoms with Gasteiger partial charge in [0, 0.05) is 30.5 Å². The monoisotopic (exact) mass is 247 g/mol. The van der Waals surface area contributed by atoms with Gasteiger partial charge >= 0.3 is 0 Å². The molecule has 96 valence electrons. The molecule has 0 aromatic heterocycles. The van der Waals surface area contributed by atoms with Crippen LogP contribution in [0.4, 0.5) is 0 Å². The van der Waals surface area contributed by atoms with Crippen LogP contribution in [0.15, 0.2) is 6.07 Å². The van der Waals surface area contributed by atoms with Gasteiger partial charge in [-0.3, -0.25) is 4.79 Å². The Morgan fingerprint density at radius 3 is 3.00 bits per heavy atom. The Morgan fingerprint density at radius 2 is 2.17 bits per heavy atom. The maximum Gasteiger partial charge on any atom is 0.255 e. The molecule has 0 atom stereocenters. The third kappa shape index (κ3) is 1.72. The molecule has 2 heterocycles. The van der Waals surface area contributed by atoms with Gasteiger partial charge in [0.2, 0.25) is 0 Å². The summed E-state index contributed by atoms with van der Waals surface area (Å²) in [4.78, 5) is 12.3. The highest BCUT2D eigenvalue weighted by molar-refractivity contribution is 6.00. The van der Waals surface area contributed by atoms with E-state index in [-0.39, 0.29) is 5.91 Å². The summed E-state index contributed by atoms with van der Waals surface area (Å²) in [6.07, 6.45) is 2.58. The summed E-state index contributed by atoms with van der Waals surface area (Å²) in [6, 6.07) is 2.03. The lowest BCUT2D eigenvalue weighted by molar-refractivity contribution is 0.0949. The minimum absolute atomic E-state index is 0.0302. The molecule has 1 amide bonds. The highest BCUT2D eigenvalue weighted by atomic mass is 16.5. The van der Waals surface area contributed by atoms with E-state index in [0.717, 1.165) is 41.9 Å². The highest BCUT2D eigenvalue weighted by Gasteiger charge is 2.29. The molecule has 0 bridgehead atoms. The Balaban J connectivity index is 2.04. The molecular weight excluding hydrogens is 230 g/mol. The minimum Gasteiger partial charge on any atom is -0.493 e. The molecule has 0 unspecified atom stereocenters. The van der Waals surface area contributed by atoms with Crippen molar-refractivity contribution in [3.05, 3.63) is 22.8 Å². The summed E-state index contributed by atoms with van der Waals surface area (Å²) >= 11 is 0. The van der Waals surface area contributed by atoms with Gasteiger partial charge in [0.15, 0.2) is 0 Å². The molecule has 4 heteroatoms. The Morgan fingerprint density at radius 1 is 1.33 bits per heavy atom. The van der Waals surface area contributed by atoms with Crippen molar-refractivity contribution in [2.45, 2.75) is 26.2 Å². The van der Waals surface area contributed by atoms with Crippen LogP contribution >= 0.6 is 0 Å². The molecule has 0 radical (unpaired) electrons. The van der Waals surface area contributed by atoms with Crippen LogP contribution in [0.5, 0.6) is 11.5 Å². The smallest absolute Gasteiger partial charge is 0.255 e. The van der Waals surface area contributed by atoms with Crippen molar-refractivity contribution < 1.29 is 14.3 Å². The van der Waals surface area contributed by atoms with E-state index < -0.39 is 0 Å². The zero-order valence-corrected chi connectivity index (χ0v) is 10.5. The Hall–Kier alpha value is -1.71. The number of fused-ring (bicyclic) bond motifs is 2. The molecule has 0 saturated heterocycles. The lowest BCUT2D eigenvalue weighted by Gasteiger charge is -2.12.